The Balaban J connectivity index is 1.69. The Bertz CT molecular complexity index is 737. The average Bonchev–Trinajstić information content (AvgIpc) is 2.99. The van der Waals surface area contributed by atoms with Crippen LogP contribution in [-0.4, -0.2) is 47.7 Å². The van der Waals surface area contributed by atoms with Gasteiger partial charge >= 0.3 is 0 Å². The zero-order valence-electron chi connectivity index (χ0n) is 15.3. The molecule has 4 rings (SSSR count). The highest BCUT2D eigenvalue weighted by Gasteiger charge is 2.22. The second-order valence-electron chi connectivity index (χ2n) is 7.54. The minimum absolute atomic E-state index is 0.599. The first kappa shape index (κ1) is 17.2. The molecule has 6 heteroatoms. The van der Waals surface area contributed by atoms with Gasteiger partial charge in [0.05, 0.1) is 25.1 Å². The Morgan fingerprint density at radius 3 is 2.76 bits per heavy atom. The van der Waals surface area contributed by atoms with E-state index in [1.165, 1.54) is 46.3 Å². The summed E-state index contributed by atoms with van der Waals surface area (Å²) in [6.07, 6.45) is 4.98. The molecule has 136 valence electrons. The number of anilines is 1. The van der Waals surface area contributed by atoms with E-state index in [4.69, 9.17) is 14.7 Å². The van der Waals surface area contributed by atoms with Gasteiger partial charge in [0.1, 0.15) is 16.5 Å². The molecule has 0 spiro atoms. The molecule has 0 saturated carbocycles. The van der Waals surface area contributed by atoms with Crippen LogP contribution in [0.4, 0.5) is 5.82 Å². The fraction of sp³-hybridized carbons (Fsp3) is 0.684. The van der Waals surface area contributed by atoms with Crippen molar-refractivity contribution in [2.75, 3.05) is 38.2 Å². The van der Waals surface area contributed by atoms with Crippen LogP contribution in [0, 0.1) is 5.92 Å². The molecule has 0 atom stereocenters. The number of thiophene rings is 1. The minimum Gasteiger partial charge on any atom is -0.379 e. The molecule has 25 heavy (non-hydrogen) atoms. The molecule has 2 aromatic rings. The maximum Gasteiger partial charge on any atom is 0.146 e. The largest absolute Gasteiger partial charge is 0.379 e. The first-order chi connectivity index (χ1) is 12.2. The molecule has 1 aliphatic carbocycles. The quantitative estimate of drug-likeness (QED) is 0.885. The third-order valence-corrected chi connectivity index (χ3v) is 6.19. The summed E-state index contributed by atoms with van der Waals surface area (Å²) >= 11 is 1.89. The van der Waals surface area contributed by atoms with E-state index in [9.17, 15) is 0 Å². The van der Waals surface area contributed by atoms with Gasteiger partial charge in [-0.2, -0.15) is 0 Å². The number of ether oxygens (including phenoxy) is 1. The topological polar surface area (TPSA) is 50.3 Å². The van der Waals surface area contributed by atoms with Gasteiger partial charge in [0.15, 0.2) is 0 Å². The molecule has 2 aliphatic rings. The molecule has 0 radical (unpaired) electrons. The lowest BCUT2D eigenvalue weighted by atomic mass is 9.97. The molecule has 3 heterocycles. The van der Waals surface area contributed by atoms with Crippen LogP contribution in [0.3, 0.4) is 0 Å². The van der Waals surface area contributed by atoms with Crippen molar-refractivity contribution in [3.05, 3.63) is 16.3 Å². The number of hydrogen-bond acceptors (Lipinski definition) is 6. The van der Waals surface area contributed by atoms with Gasteiger partial charge in [-0.05, 0) is 37.2 Å². The summed E-state index contributed by atoms with van der Waals surface area (Å²) in [6.45, 7) is 9.81. The Labute approximate surface area is 153 Å². The van der Waals surface area contributed by atoms with Crippen LogP contribution in [0.15, 0.2) is 0 Å². The third-order valence-electron chi connectivity index (χ3n) is 5.01. The molecule has 0 unspecified atom stereocenters. The summed E-state index contributed by atoms with van der Waals surface area (Å²) in [4.78, 5) is 15.0. The Morgan fingerprint density at radius 2 is 1.96 bits per heavy atom. The molecular formula is C19H28N4OS. The molecule has 0 aromatic carbocycles. The van der Waals surface area contributed by atoms with Crippen molar-refractivity contribution in [2.45, 2.75) is 46.1 Å². The van der Waals surface area contributed by atoms with Gasteiger partial charge < -0.3 is 10.1 Å². The Morgan fingerprint density at radius 1 is 1.16 bits per heavy atom. The van der Waals surface area contributed by atoms with Crippen molar-refractivity contribution >= 4 is 27.4 Å². The van der Waals surface area contributed by atoms with Crippen LogP contribution in [-0.2, 0) is 24.1 Å². The highest BCUT2D eigenvalue weighted by atomic mass is 32.1. The van der Waals surface area contributed by atoms with E-state index in [1.54, 1.807) is 0 Å². The summed E-state index contributed by atoms with van der Waals surface area (Å²) in [7, 11) is 0. The highest BCUT2D eigenvalue weighted by Crippen LogP contribution is 2.38. The molecule has 0 bridgehead atoms. The van der Waals surface area contributed by atoms with Gasteiger partial charge in [0.25, 0.3) is 0 Å². The number of morpholine rings is 1. The highest BCUT2D eigenvalue weighted by molar-refractivity contribution is 7.19. The fourth-order valence-corrected chi connectivity index (χ4v) is 4.94. The van der Waals surface area contributed by atoms with Gasteiger partial charge in [-0.1, -0.05) is 13.8 Å². The molecule has 1 aliphatic heterocycles. The minimum atomic E-state index is 0.599. The standard InChI is InChI=1S/C19H28N4OS/c1-13(2)11-20-18-17-14-5-3-4-6-15(14)25-19(17)22-16(21-18)12-23-7-9-24-10-8-23/h13H,3-12H2,1-2H3,(H,20,21,22). The van der Waals surface area contributed by atoms with Crippen molar-refractivity contribution < 1.29 is 4.74 Å². The summed E-state index contributed by atoms with van der Waals surface area (Å²) in [5.41, 5.74) is 1.51. The number of aryl methyl sites for hydroxylation is 2. The van der Waals surface area contributed by atoms with Crippen LogP contribution in [0.5, 0.6) is 0 Å². The van der Waals surface area contributed by atoms with Gasteiger partial charge in [0.2, 0.25) is 0 Å². The van der Waals surface area contributed by atoms with Crippen LogP contribution < -0.4 is 5.32 Å². The van der Waals surface area contributed by atoms with Crippen molar-refractivity contribution in [3.8, 4) is 0 Å². The lowest BCUT2D eigenvalue weighted by molar-refractivity contribution is 0.0331. The van der Waals surface area contributed by atoms with Crippen molar-refractivity contribution in [3.63, 3.8) is 0 Å². The molecule has 5 nitrogen and oxygen atoms in total. The lowest BCUT2D eigenvalue weighted by Gasteiger charge is -2.26. The third kappa shape index (κ3) is 3.81. The Hall–Kier alpha value is -1.24. The van der Waals surface area contributed by atoms with Crippen LogP contribution in [0.2, 0.25) is 0 Å². The fourth-order valence-electron chi connectivity index (χ4n) is 3.66. The monoisotopic (exact) mass is 360 g/mol. The van der Waals surface area contributed by atoms with Crippen LogP contribution in [0.1, 0.15) is 43.0 Å². The molecule has 0 amide bonds. The first-order valence-electron chi connectivity index (χ1n) is 9.56. The summed E-state index contributed by atoms with van der Waals surface area (Å²) in [5.74, 6) is 2.60. The number of nitrogens with one attached hydrogen (secondary N) is 1. The summed E-state index contributed by atoms with van der Waals surface area (Å²) < 4.78 is 5.46. The summed E-state index contributed by atoms with van der Waals surface area (Å²) in [5, 5.41) is 4.91. The predicted molar refractivity (Wildman–Crippen MR) is 103 cm³/mol. The van der Waals surface area contributed by atoms with E-state index in [2.05, 4.69) is 24.1 Å². The average molecular weight is 361 g/mol. The second kappa shape index (κ2) is 7.56. The molecule has 2 aromatic heterocycles. The van der Waals surface area contributed by atoms with Gasteiger partial charge in [-0.25, -0.2) is 9.97 Å². The van der Waals surface area contributed by atoms with Gasteiger partial charge in [-0.15, -0.1) is 11.3 Å². The van der Waals surface area contributed by atoms with E-state index >= 15 is 0 Å². The molecule has 1 N–H and O–H groups in total. The maximum absolute atomic E-state index is 5.46. The van der Waals surface area contributed by atoms with Crippen molar-refractivity contribution in [1.82, 2.24) is 14.9 Å². The predicted octanol–water partition coefficient (Wildman–Crippen LogP) is 3.47. The van der Waals surface area contributed by atoms with E-state index in [0.717, 1.165) is 51.0 Å². The summed E-state index contributed by atoms with van der Waals surface area (Å²) in [6, 6.07) is 0. The van der Waals surface area contributed by atoms with Gasteiger partial charge in [0, 0.05) is 24.5 Å². The van der Waals surface area contributed by atoms with E-state index in [-0.39, 0.29) is 0 Å². The SMILES string of the molecule is CC(C)CNc1nc(CN2CCOCC2)nc2sc3c(c12)CCCC3. The van der Waals surface area contributed by atoms with Crippen molar-refractivity contribution in [2.24, 2.45) is 5.92 Å². The number of aromatic nitrogens is 2. The maximum atomic E-state index is 5.46. The van der Waals surface area contributed by atoms with Gasteiger partial charge in [-0.3, -0.25) is 4.90 Å². The second-order valence-corrected chi connectivity index (χ2v) is 8.63. The molecule has 1 fully saturated rings. The number of nitrogens with zero attached hydrogens (tertiary/aromatic N) is 3. The van der Waals surface area contributed by atoms with Crippen LogP contribution in [0.25, 0.3) is 10.2 Å². The first-order valence-corrected chi connectivity index (χ1v) is 10.4. The number of fused-ring (bicyclic) bond motifs is 3. The Kier molecular flexibility index (Phi) is 5.20. The zero-order valence-corrected chi connectivity index (χ0v) is 16.1. The zero-order chi connectivity index (χ0) is 17.2. The van der Waals surface area contributed by atoms with E-state index < -0.39 is 0 Å². The molecular weight excluding hydrogens is 332 g/mol. The smallest absolute Gasteiger partial charge is 0.146 e. The number of rotatable bonds is 5. The number of hydrogen-bond donors (Lipinski definition) is 1. The van der Waals surface area contributed by atoms with E-state index in [0.29, 0.717) is 5.92 Å². The van der Waals surface area contributed by atoms with Crippen molar-refractivity contribution in [1.29, 1.82) is 0 Å². The normalized spacial score (nSPS) is 18.7. The van der Waals surface area contributed by atoms with E-state index in [1.807, 2.05) is 11.3 Å². The molecule has 1 saturated heterocycles. The lowest BCUT2D eigenvalue weighted by Crippen LogP contribution is -2.36. The van der Waals surface area contributed by atoms with Crippen LogP contribution >= 0.6 is 11.3 Å².